The molecule has 1 aliphatic rings. The number of terminal acetylenes is 1. The van der Waals surface area contributed by atoms with Crippen LogP contribution in [-0.2, 0) is 11.3 Å². The van der Waals surface area contributed by atoms with E-state index in [1.807, 2.05) is 30.3 Å². The minimum Gasteiger partial charge on any atom is -0.445 e. The van der Waals surface area contributed by atoms with E-state index < -0.39 is 5.54 Å². The zero-order valence-corrected chi connectivity index (χ0v) is 10.1. The lowest BCUT2D eigenvalue weighted by atomic mass is 9.88. The van der Waals surface area contributed by atoms with Gasteiger partial charge in [0.1, 0.15) is 6.61 Å². The van der Waals surface area contributed by atoms with Gasteiger partial charge in [0.25, 0.3) is 0 Å². The van der Waals surface area contributed by atoms with Gasteiger partial charge in [-0.1, -0.05) is 30.3 Å². The standard InChI is InChI=1S/C14H16N2O2/c1-2-8-14(15)10-16(11-14)13(17)18-9-12-6-4-3-5-7-12/h1,3-7H,8-11,15H2. The van der Waals surface area contributed by atoms with E-state index >= 15 is 0 Å². The Bertz CT molecular complexity index is 458. The van der Waals surface area contributed by atoms with Gasteiger partial charge >= 0.3 is 6.09 Å². The van der Waals surface area contributed by atoms with Crippen molar-refractivity contribution < 1.29 is 9.53 Å². The first-order valence-corrected chi connectivity index (χ1v) is 5.81. The molecule has 4 nitrogen and oxygen atoms in total. The molecule has 1 aliphatic heterocycles. The lowest BCUT2D eigenvalue weighted by Crippen LogP contribution is -2.68. The molecule has 4 heteroatoms. The van der Waals surface area contributed by atoms with Crippen molar-refractivity contribution in [3.63, 3.8) is 0 Å². The third-order valence-corrected chi connectivity index (χ3v) is 2.93. The van der Waals surface area contributed by atoms with Gasteiger partial charge in [-0.3, -0.25) is 0 Å². The Kier molecular flexibility index (Phi) is 3.54. The van der Waals surface area contributed by atoms with E-state index in [0.717, 1.165) is 5.56 Å². The summed E-state index contributed by atoms with van der Waals surface area (Å²) in [7, 11) is 0. The van der Waals surface area contributed by atoms with Gasteiger partial charge in [-0.15, -0.1) is 12.3 Å². The van der Waals surface area contributed by atoms with Crippen LogP contribution in [0, 0.1) is 12.3 Å². The number of nitrogens with two attached hydrogens (primary N) is 1. The third-order valence-electron chi connectivity index (χ3n) is 2.93. The quantitative estimate of drug-likeness (QED) is 0.817. The lowest BCUT2D eigenvalue weighted by Gasteiger charge is -2.45. The van der Waals surface area contributed by atoms with Gasteiger partial charge in [-0.2, -0.15) is 0 Å². The van der Waals surface area contributed by atoms with E-state index in [2.05, 4.69) is 5.92 Å². The Morgan fingerprint density at radius 3 is 2.72 bits per heavy atom. The second kappa shape index (κ2) is 5.11. The van der Waals surface area contributed by atoms with Crippen molar-refractivity contribution in [3.8, 4) is 12.3 Å². The fraction of sp³-hybridized carbons (Fsp3) is 0.357. The summed E-state index contributed by atoms with van der Waals surface area (Å²) >= 11 is 0. The van der Waals surface area contributed by atoms with E-state index in [4.69, 9.17) is 16.9 Å². The van der Waals surface area contributed by atoms with Crippen LogP contribution < -0.4 is 5.73 Å². The number of hydrogen-bond acceptors (Lipinski definition) is 3. The first-order chi connectivity index (χ1) is 8.63. The van der Waals surface area contributed by atoms with E-state index in [-0.39, 0.29) is 12.7 Å². The van der Waals surface area contributed by atoms with Crippen molar-refractivity contribution in [2.45, 2.75) is 18.6 Å². The Morgan fingerprint density at radius 2 is 2.11 bits per heavy atom. The van der Waals surface area contributed by atoms with Crippen LogP contribution in [0.2, 0.25) is 0 Å². The zero-order chi connectivity index (χ0) is 13.0. The van der Waals surface area contributed by atoms with Gasteiger partial charge in [0, 0.05) is 19.5 Å². The summed E-state index contributed by atoms with van der Waals surface area (Å²) in [6.07, 6.45) is 5.36. The molecule has 0 aromatic heterocycles. The van der Waals surface area contributed by atoms with Crippen molar-refractivity contribution in [2.24, 2.45) is 5.73 Å². The maximum atomic E-state index is 11.7. The minimum absolute atomic E-state index is 0.281. The van der Waals surface area contributed by atoms with Crippen LogP contribution in [0.15, 0.2) is 30.3 Å². The highest BCUT2D eigenvalue weighted by Gasteiger charge is 2.42. The van der Waals surface area contributed by atoms with Gasteiger partial charge in [0.15, 0.2) is 0 Å². The molecular weight excluding hydrogens is 228 g/mol. The smallest absolute Gasteiger partial charge is 0.410 e. The molecule has 0 atom stereocenters. The predicted molar refractivity (Wildman–Crippen MR) is 68.6 cm³/mol. The van der Waals surface area contributed by atoms with Crippen LogP contribution in [0.3, 0.4) is 0 Å². The number of carbonyl (C=O) groups is 1. The number of likely N-dealkylation sites (tertiary alicyclic amines) is 1. The molecule has 1 aromatic carbocycles. The van der Waals surface area contributed by atoms with Crippen LogP contribution in [0.4, 0.5) is 4.79 Å². The highest BCUT2D eigenvalue weighted by Crippen LogP contribution is 2.22. The largest absolute Gasteiger partial charge is 0.445 e. The molecular formula is C14H16N2O2. The molecule has 18 heavy (non-hydrogen) atoms. The molecule has 0 radical (unpaired) electrons. The number of amides is 1. The molecule has 0 spiro atoms. The van der Waals surface area contributed by atoms with Gasteiger partial charge in [-0.25, -0.2) is 4.79 Å². The maximum absolute atomic E-state index is 11.7. The van der Waals surface area contributed by atoms with E-state index in [1.54, 1.807) is 4.90 Å². The molecule has 1 amide bonds. The highest BCUT2D eigenvalue weighted by molar-refractivity contribution is 5.69. The Hall–Kier alpha value is -1.99. The normalized spacial score (nSPS) is 16.6. The third kappa shape index (κ3) is 2.82. The molecule has 1 saturated heterocycles. The number of nitrogens with zero attached hydrogens (tertiary/aromatic N) is 1. The lowest BCUT2D eigenvalue weighted by molar-refractivity contribution is 0.0381. The van der Waals surface area contributed by atoms with Crippen LogP contribution >= 0.6 is 0 Å². The van der Waals surface area contributed by atoms with Crippen LogP contribution in [-0.4, -0.2) is 29.6 Å². The zero-order valence-electron chi connectivity index (χ0n) is 10.1. The van der Waals surface area contributed by atoms with Crippen LogP contribution in [0.5, 0.6) is 0 Å². The monoisotopic (exact) mass is 244 g/mol. The summed E-state index contributed by atoms with van der Waals surface area (Å²) in [6, 6.07) is 9.56. The second-order valence-electron chi connectivity index (χ2n) is 4.64. The minimum atomic E-state index is -0.430. The van der Waals surface area contributed by atoms with Crippen molar-refractivity contribution >= 4 is 6.09 Å². The van der Waals surface area contributed by atoms with E-state index in [9.17, 15) is 4.79 Å². The first-order valence-electron chi connectivity index (χ1n) is 5.81. The SMILES string of the molecule is C#CCC1(N)CN(C(=O)OCc2ccccc2)C1. The molecule has 0 aliphatic carbocycles. The van der Waals surface area contributed by atoms with Gasteiger partial charge < -0.3 is 15.4 Å². The highest BCUT2D eigenvalue weighted by atomic mass is 16.6. The summed E-state index contributed by atoms with van der Waals surface area (Å²) in [6.45, 7) is 1.21. The summed E-state index contributed by atoms with van der Waals surface area (Å²) in [5, 5.41) is 0. The molecule has 94 valence electrons. The van der Waals surface area contributed by atoms with Crippen molar-refractivity contribution in [2.75, 3.05) is 13.1 Å². The average molecular weight is 244 g/mol. The maximum Gasteiger partial charge on any atom is 0.410 e. The van der Waals surface area contributed by atoms with Gasteiger partial charge in [0.2, 0.25) is 0 Å². The van der Waals surface area contributed by atoms with Crippen molar-refractivity contribution in [3.05, 3.63) is 35.9 Å². The van der Waals surface area contributed by atoms with E-state index in [0.29, 0.717) is 19.5 Å². The number of hydrogen-bond donors (Lipinski definition) is 1. The molecule has 0 bridgehead atoms. The molecule has 0 unspecified atom stereocenters. The fourth-order valence-electron chi connectivity index (χ4n) is 1.97. The average Bonchev–Trinajstić information content (AvgIpc) is 2.34. The number of ether oxygens (including phenoxy) is 1. The summed E-state index contributed by atoms with van der Waals surface area (Å²) in [4.78, 5) is 13.3. The summed E-state index contributed by atoms with van der Waals surface area (Å²) in [5.74, 6) is 2.52. The predicted octanol–water partition coefficient (Wildman–Crippen LogP) is 1.36. The van der Waals surface area contributed by atoms with Gasteiger partial charge in [0.05, 0.1) is 5.54 Å². The number of rotatable bonds is 3. The number of benzene rings is 1. The van der Waals surface area contributed by atoms with Gasteiger partial charge in [-0.05, 0) is 5.56 Å². The second-order valence-corrected chi connectivity index (χ2v) is 4.64. The molecule has 1 aromatic rings. The molecule has 2 N–H and O–H groups in total. The topological polar surface area (TPSA) is 55.6 Å². The molecule has 2 rings (SSSR count). The summed E-state index contributed by atoms with van der Waals surface area (Å²) < 4.78 is 5.18. The molecule has 1 fully saturated rings. The van der Waals surface area contributed by atoms with Crippen LogP contribution in [0.1, 0.15) is 12.0 Å². The number of carbonyl (C=O) groups excluding carboxylic acids is 1. The van der Waals surface area contributed by atoms with Crippen LogP contribution in [0.25, 0.3) is 0 Å². The molecule has 0 saturated carbocycles. The Balaban J connectivity index is 1.76. The molecule has 1 heterocycles. The van der Waals surface area contributed by atoms with E-state index in [1.165, 1.54) is 0 Å². The van der Waals surface area contributed by atoms with Crippen molar-refractivity contribution in [1.82, 2.24) is 4.90 Å². The first kappa shape index (κ1) is 12.5. The summed E-state index contributed by atoms with van der Waals surface area (Å²) in [5.41, 5.74) is 6.49. The Labute approximate surface area is 107 Å². The fourth-order valence-corrected chi connectivity index (χ4v) is 1.97. The Morgan fingerprint density at radius 1 is 1.44 bits per heavy atom. The van der Waals surface area contributed by atoms with Crippen molar-refractivity contribution in [1.29, 1.82) is 0 Å².